The summed E-state index contributed by atoms with van der Waals surface area (Å²) in [7, 11) is 0. The summed E-state index contributed by atoms with van der Waals surface area (Å²) in [4.78, 5) is 19.7. The van der Waals surface area contributed by atoms with Crippen LogP contribution in [0.1, 0.15) is 19.4 Å². The van der Waals surface area contributed by atoms with Crippen molar-refractivity contribution in [2.75, 3.05) is 18.0 Å². The first-order valence-electron chi connectivity index (χ1n) is 8.65. The third-order valence-corrected chi connectivity index (χ3v) is 4.84. The SMILES string of the molecule is CCN(CC)c1ccc2nc3c4ccccc4c(=O)c(C)c-3oc2c1. The van der Waals surface area contributed by atoms with Gasteiger partial charge in [0.05, 0.1) is 0 Å². The number of hydrogen-bond donors (Lipinski definition) is 0. The summed E-state index contributed by atoms with van der Waals surface area (Å²) >= 11 is 0. The zero-order valence-corrected chi connectivity index (χ0v) is 14.7. The molecule has 126 valence electrons. The lowest BCUT2D eigenvalue weighted by atomic mass is 10.0. The highest BCUT2D eigenvalue weighted by Crippen LogP contribution is 2.33. The van der Waals surface area contributed by atoms with Crippen molar-refractivity contribution >= 4 is 27.6 Å². The largest absolute Gasteiger partial charge is 0.452 e. The van der Waals surface area contributed by atoms with Crippen LogP contribution in [-0.2, 0) is 0 Å². The van der Waals surface area contributed by atoms with E-state index in [1.165, 1.54) is 0 Å². The first-order valence-corrected chi connectivity index (χ1v) is 8.65. The standard InChI is InChI=1S/C21H20N2O2/c1-4-23(5-2)14-10-11-17-18(12-14)25-21-13(3)20(24)16-9-7-6-8-15(16)19(21)22-17/h6-12H,4-5H2,1-3H3. The third kappa shape index (κ3) is 2.37. The predicted molar refractivity (Wildman–Crippen MR) is 103 cm³/mol. The highest BCUT2D eigenvalue weighted by Gasteiger charge is 2.19. The van der Waals surface area contributed by atoms with E-state index in [1.807, 2.05) is 43.3 Å². The Labute approximate surface area is 146 Å². The van der Waals surface area contributed by atoms with Gasteiger partial charge in [0.1, 0.15) is 11.2 Å². The fraction of sp³-hybridized carbons (Fsp3) is 0.238. The molecule has 2 aromatic rings. The van der Waals surface area contributed by atoms with E-state index in [0.29, 0.717) is 22.3 Å². The summed E-state index contributed by atoms with van der Waals surface area (Å²) in [5, 5.41) is 1.53. The number of anilines is 1. The van der Waals surface area contributed by atoms with Crippen molar-refractivity contribution in [2.45, 2.75) is 20.8 Å². The van der Waals surface area contributed by atoms with Crippen LogP contribution in [0.3, 0.4) is 0 Å². The van der Waals surface area contributed by atoms with E-state index >= 15 is 0 Å². The maximum Gasteiger partial charge on any atom is 0.193 e. The Bertz CT molecular complexity index is 1110. The second-order valence-electron chi connectivity index (χ2n) is 6.22. The number of aromatic nitrogens is 1. The van der Waals surface area contributed by atoms with Gasteiger partial charge < -0.3 is 9.32 Å². The Balaban J connectivity index is 2.07. The molecule has 2 aromatic carbocycles. The molecule has 1 aliphatic carbocycles. The fourth-order valence-electron chi connectivity index (χ4n) is 3.42. The molecule has 0 saturated carbocycles. The molecule has 25 heavy (non-hydrogen) atoms. The van der Waals surface area contributed by atoms with Gasteiger partial charge >= 0.3 is 0 Å². The molecule has 1 heterocycles. The minimum absolute atomic E-state index is 0.00731. The lowest BCUT2D eigenvalue weighted by Gasteiger charge is -2.21. The van der Waals surface area contributed by atoms with E-state index in [1.54, 1.807) is 0 Å². The Morgan fingerprint density at radius 2 is 1.76 bits per heavy atom. The summed E-state index contributed by atoms with van der Waals surface area (Å²) in [6.45, 7) is 7.92. The molecule has 4 rings (SSSR count). The number of benzene rings is 3. The van der Waals surface area contributed by atoms with Crippen LogP contribution >= 0.6 is 0 Å². The average molecular weight is 332 g/mol. The molecule has 1 aliphatic heterocycles. The molecule has 0 radical (unpaired) electrons. The summed E-state index contributed by atoms with van der Waals surface area (Å²) in [5.41, 5.74) is 3.96. The van der Waals surface area contributed by atoms with Crippen LogP contribution in [0.15, 0.2) is 51.7 Å². The number of nitrogens with zero attached hydrogens (tertiary/aromatic N) is 2. The molecule has 0 bridgehead atoms. The molecule has 0 amide bonds. The minimum atomic E-state index is 0.00731. The first-order chi connectivity index (χ1) is 12.1. The molecule has 0 aromatic heterocycles. The molecule has 0 saturated heterocycles. The summed E-state index contributed by atoms with van der Waals surface area (Å²) < 4.78 is 6.16. The zero-order chi connectivity index (χ0) is 17.6. The van der Waals surface area contributed by atoms with Crippen LogP contribution in [0.5, 0.6) is 0 Å². The van der Waals surface area contributed by atoms with E-state index in [4.69, 9.17) is 9.40 Å². The maximum absolute atomic E-state index is 12.7. The quantitative estimate of drug-likeness (QED) is 0.406. The van der Waals surface area contributed by atoms with E-state index in [-0.39, 0.29) is 5.43 Å². The zero-order valence-electron chi connectivity index (χ0n) is 14.7. The van der Waals surface area contributed by atoms with Crippen molar-refractivity contribution in [1.29, 1.82) is 0 Å². The second-order valence-corrected chi connectivity index (χ2v) is 6.22. The van der Waals surface area contributed by atoms with Crippen molar-refractivity contribution in [3.63, 3.8) is 0 Å². The Kier molecular flexibility index (Phi) is 3.68. The van der Waals surface area contributed by atoms with Gasteiger partial charge in [-0.05, 0) is 32.9 Å². The van der Waals surface area contributed by atoms with Crippen LogP contribution in [-0.4, -0.2) is 18.1 Å². The van der Waals surface area contributed by atoms with Crippen molar-refractivity contribution < 1.29 is 4.42 Å². The maximum atomic E-state index is 12.7. The van der Waals surface area contributed by atoms with Crippen molar-refractivity contribution in [1.82, 2.24) is 4.98 Å². The minimum Gasteiger partial charge on any atom is -0.452 e. The van der Waals surface area contributed by atoms with Gasteiger partial charge in [0, 0.05) is 41.2 Å². The molecule has 0 atom stereocenters. The first kappa shape index (κ1) is 15.6. The lowest BCUT2D eigenvalue weighted by Crippen LogP contribution is -2.21. The van der Waals surface area contributed by atoms with Gasteiger partial charge in [-0.25, -0.2) is 4.98 Å². The number of hydrogen-bond acceptors (Lipinski definition) is 4. The predicted octanol–water partition coefficient (Wildman–Crippen LogP) is 4.60. The Morgan fingerprint density at radius 1 is 1.04 bits per heavy atom. The van der Waals surface area contributed by atoms with E-state index in [0.717, 1.165) is 35.4 Å². The van der Waals surface area contributed by atoms with Gasteiger partial charge in [0.2, 0.25) is 0 Å². The van der Waals surface area contributed by atoms with Crippen LogP contribution in [0.4, 0.5) is 5.69 Å². The second kappa shape index (κ2) is 5.88. The fourth-order valence-corrected chi connectivity index (χ4v) is 3.42. The van der Waals surface area contributed by atoms with E-state index in [9.17, 15) is 4.79 Å². The number of rotatable bonds is 3. The van der Waals surface area contributed by atoms with E-state index in [2.05, 4.69) is 24.8 Å². The normalized spacial score (nSPS) is 11.5. The molecule has 0 N–H and O–H groups in total. The Hall–Kier alpha value is -2.88. The molecular weight excluding hydrogens is 312 g/mol. The van der Waals surface area contributed by atoms with Gasteiger partial charge in [-0.1, -0.05) is 24.3 Å². The molecule has 0 unspecified atom stereocenters. The molecule has 4 nitrogen and oxygen atoms in total. The summed E-state index contributed by atoms with van der Waals surface area (Å²) in [6.07, 6.45) is 0. The molecular formula is C21H20N2O2. The molecule has 4 heteroatoms. The molecule has 0 fully saturated rings. The smallest absolute Gasteiger partial charge is 0.193 e. The highest BCUT2D eigenvalue weighted by atomic mass is 16.3. The van der Waals surface area contributed by atoms with Crippen molar-refractivity contribution in [3.05, 3.63) is 58.3 Å². The summed E-state index contributed by atoms with van der Waals surface area (Å²) in [5.74, 6) is 0.577. The third-order valence-electron chi connectivity index (χ3n) is 4.84. The lowest BCUT2D eigenvalue weighted by molar-refractivity contribution is 0.609. The van der Waals surface area contributed by atoms with Gasteiger partial charge in [-0.2, -0.15) is 0 Å². The molecule has 0 spiro atoms. The molecule has 2 aliphatic rings. The van der Waals surface area contributed by atoms with Gasteiger partial charge in [-0.15, -0.1) is 0 Å². The van der Waals surface area contributed by atoms with Crippen LogP contribution in [0.2, 0.25) is 0 Å². The van der Waals surface area contributed by atoms with E-state index < -0.39 is 0 Å². The van der Waals surface area contributed by atoms with Crippen molar-refractivity contribution in [2.24, 2.45) is 0 Å². The number of fused-ring (bicyclic) bond motifs is 4. The van der Waals surface area contributed by atoms with Gasteiger partial charge in [0.15, 0.2) is 16.8 Å². The summed E-state index contributed by atoms with van der Waals surface area (Å²) in [6, 6.07) is 13.6. The van der Waals surface area contributed by atoms with Gasteiger partial charge in [0.25, 0.3) is 0 Å². The van der Waals surface area contributed by atoms with Crippen LogP contribution in [0, 0.1) is 6.92 Å². The van der Waals surface area contributed by atoms with Gasteiger partial charge in [-0.3, -0.25) is 4.79 Å². The Morgan fingerprint density at radius 3 is 2.48 bits per heavy atom. The topological polar surface area (TPSA) is 46.3 Å². The van der Waals surface area contributed by atoms with Crippen LogP contribution < -0.4 is 10.3 Å². The van der Waals surface area contributed by atoms with Crippen LogP contribution in [0.25, 0.3) is 33.3 Å². The highest BCUT2D eigenvalue weighted by molar-refractivity contribution is 5.97. The average Bonchev–Trinajstić information content (AvgIpc) is 2.66. The van der Waals surface area contributed by atoms with Crippen molar-refractivity contribution in [3.8, 4) is 11.5 Å². The monoisotopic (exact) mass is 332 g/mol.